The van der Waals surface area contributed by atoms with Gasteiger partial charge in [-0.15, -0.1) is 0 Å². The van der Waals surface area contributed by atoms with Gasteiger partial charge in [0.1, 0.15) is 0 Å². The molecule has 0 unspecified atom stereocenters. The van der Waals surface area contributed by atoms with E-state index in [-0.39, 0.29) is 5.78 Å². The maximum absolute atomic E-state index is 10.9. The Kier molecular flexibility index (Phi) is 5.00. The van der Waals surface area contributed by atoms with Crippen molar-refractivity contribution < 1.29 is 14.3 Å². The van der Waals surface area contributed by atoms with Gasteiger partial charge in [0.15, 0.2) is 11.9 Å². The van der Waals surface area contributed by atoms with Gasteiger partial charge in [0.25, 0.3) is 0 Å². The van der Waals surface area contributed by atoms with Gasteiger partial charge >= 0.3 is 5.97 Å². The van der Waals surface area contributed by atoms with Crippen molar-refractivity contribution >= 4 is 11.8 Å². The van der Waals surface area contributed by atoms with E-state index in [0.29, 0.717) is 6.42 Å². The fourth-order valence-corrected chi connectivity index (χ4v) is 0.757. The second kappa shape index (κ2) is 5.52. The number of carbonyl (C=O) groups is 2. The molecule has 0 bridgehead atoms. The van der Waals surface area contributed by atoms with Crippen LogP contribution in [0.5, 0.6) is 0 Å². The molecule has 0 aromatic heterocycles. The lowest BCUT2D eigenvalue weighted by Gasteiger charge is -2.10. The largest absolute Gasteiger partial charge is 0.454 e. The summed E-state index contributed by atoms with van der Waals surface area (Å²) in [5.74, 6) is -0.539. The van der Waals surface area contributed by atoms with E-state index in [0.717, 1.165) is 0 Å². The number of ether oxygens (including phenoxy) is 1. The Morgan fingerprint density at radius 3 is 2.33 bits per heavy atom. The van der Waals surface area contributed by atoms with E-state index in [4.69, 9.17) is 4.74 Å². The summed E-state index contributed by atoms with van der Waals surface area (Å²) in [6.07, 6.45) is 3.47. The number of carbonyl (C=O) groups excluding carboxylic acids is 2. The van der Waals surface area contributed by atoms with Crippen LogP contribution in [0, 0.1) is 0 Å². The van der Waals surface area contributed by atoms with Crippen LogP contribution in [0.2, 0.25) is 0 Å². The first-order chi connectivity index (χ1) is 5.57. The summed E-state index contributed by atoms with van der Waals surface area (Å²) < 4.78 is 4.77. The summed E-state index contributed by atoms with van der Waals surface area (Å²) in [6, 6.07) is 0. The first kappa shape index (κ1) is 10.9. The molecule has 0 rings (SSSR count). The van der Waals surface area contributed by atoms with Crippen LogP contribution < -0.4 is 0 Å². The second-order valence-corrected chi connectivity index (χ2v) is 2.51. The molecule has 3 nitrogen and oxygen atoms in total. The number of Topliss-reactive ketones (excluding diaryl/α,β-unsaturated/α-hetero) is 1. The molecule has 0 aliphatic carbocycles. The fourth-order valence-electron chi connectivity index (χ4n) is 0.757. The molecule has 0 saturated heterocycles. The molecule has 0 spiro atoms. The number of allylic oxidation sites excluding steroid dienone is 1. The highest BCUT2D eigenvalue weighted by molar-refractivity contribution is 5.83. The van der Waals surface area contributed by atoms with Gasteiger partial charge in [-0.2, -0.15) is 0 Å². The Bertz CT molecular complexity index is 194. The molecule has 0 radical (unpaired) electrons. The van der Waals surface area contributed by atoms with Crippen molar-refractivity contribution in [2.45, 2.75) is 33.3 Å². The van der Waals surface area contributed by atoms with Crippen LogP contribution >= 0.6 is 0 Å². The Hall–Kier alpha value is -1.12. The lowest BCUT2D eigenvalue weighted by molar-refractivity contribution is -0.152. The van der Waals surface area contributed by atoms with Crippen LogP contribution in [0.15, 0.2) is 12.2 Å². The van der Waals surface area contributed by atoms with Crippen LogP contribution in [0.3, 0.4) is 0 Å². The highest BCUT2D eigenvalue weighted by Gasteiger charge is 2.14. The molecule has 0 aromatic carbocycles. The average Bonchev–Trinajstić information content (AvgIpc) is 1.96. The lowest BCUT2D eigenvalue weighted by Crippen LogP contribution is -2.23. The zero-order chi connectivity index (χ0) is 9.56. The molecule has 0 aromatic rings. The van der Waals surface area contributed by atoms with Crippen molar-refractivity contribution in [3.8, 4) is 0 Å². The van der Waals surface area contributed by atoms with Gasteiger partial charge < -0.3 is 4.74 Å². The summed E-state index contributed by atoms with van der Waals surface area (Å²) in [5.41, 5.74) is 0. The van der Waals surface area contributed by atoms with Gasteiger partial charge in [-0.3, -0.25) is 9.59 Å². The predicted octanol–water partition coefficient (Wildman–Crippen LogP) is 1.47. The van der Waals surface area contributed by atoms with E-state index in [2.05, 4.69) is 0 Å². The van der Waals surface area contributed by atoms with Crippen molar-refractivity contribution in [3.63, 3.8) is 0 Å². The van der Waals surface area contributed by atoms with Gasteiger partial charge in [-0.25, -0.2) is 0 Å². The van der Waals surface area contributed by atoms with E-state index in [1.807, 2.05) is 13.0 Å². The molecule has 0 N–H and O–H groups in total. The Labute approximate surface area is 72.4 Å². The Morgan fingerprint density at radius 1 is 1.42 bits per heavy atom. The van der Waals surface area contributed by atoms with Crippen molar-refractivity contribution in [1.82, 2.24) is 0 Å². The number of hydrogen-bond donors (Lipinski definition) is 0. The first-order valence-electron chi connectivity index (χ1n) is 3.86. The zero-order valence-electron chi connectivity index (χ0n) is 7.66. The van der Waals surface area contributed by atoms with Crippen molar-refractivity contribution in [2.75, 3.05) is 0 Å². The monoisotopic (exact) mass is 170 g/mol. The summed E-state index contributed by atoms with van der Waals surface area (Å²) in [4.78, 5) is 21.4. The molecular formula is C9H14O3. The predicted molar refractivity (Wildman–Crippen MR) is 45.7 cm³/mol. The van der Waals surface area contributed by atoms with Crippen LogP contribution in [-0.2, 0) is 14.3 Å². The van der Waals surface area contributed by atoms with Crippen LogP contribution in [0.4, 0.5) is 0 Å². The molecule has 1 atom stereocenters. The summed E-state index contributed by atoms with van der Waals surface area (Å²) in [6.45, 7) is 4.56. The molecule has 0 aliphatic heterocycles. The standard InChI is InChI=1S/C9H14O3/c1-4-5-6-9(7(2)10)12-8(3)11/h4-5,9H,6H2,1-3H3/b5-4-/t9-/m1/s1. The SMILES string of the molecule is C/C=C\C[C@@H](OC(C)=O)C(C)=O. The number of rotatable bonds is 4. The Morgan fingerprint density at radius 2 is 2.00 bits per heavy atom. The normalized spacial score (nSPS) is 12.9. The van der Waals surface area contributed by atoms with E-state index in [1.54, 1.807) is 6.08 Å². The third-order valence-electron chi connectivity index (χ3n) is 1.35. The van der Waals surface area contributed by atoms with E-state index >= 15 is 0 Å². The highest BCUT2D eigenvalue weighted by Crippen LogP contribution is 2.01. The van der Waals surface area contributed by atoms with Crippen LogP contribution in [-0.4, -0.2) is 17.9 Å². The quantitative estimate of drug-likeness (QED) is 0.474. The molecule has 0 aliphatic rings. The first-order valence-corrected chi connectivity index (χ1v) is 3.86. The van der Waals surface area contributed by atoms with E-state index in [9.17, 15) is 9.59 Å². The smallest absolute Gasteiger partial charge is 0.303 e. The van der Waals surface area contributed by atoms with Gasteiger partial charge in [0.05, 0.1) is 0 Å². The Balaban J connectivity index is 4.04. The molecule has 3 heteroatoms. The van der Waals surface area contributed by atoms with Crippen molar-refractivity contribution in [1.29, 1.82) is 0 Å². The minimum Gasteiger partial charge on any atom is -0.454 e. The maximum Gasteiger partial charge on any atom is 0.303 e. The lowest BCUT2D eigenvalue weighted by atomic mass is 10.2. The minimum atomic E-state index is -0.612. The highest BCUT2D eigenvalue weighted by atomic mass is 16.5. The van der Waals surface area contributed by atoms with E-state index < -0.39 is 12.1 Å². The molecule has 68 valence electrons. The molecule has 0 heterocycles. The number of esters is 1. The van der Waals surface area contributed by atoms with Gasteiger partial charge in [0, 0.05) is 13.3 Å². The summed E-state index contributed by atoms with van der Waals surface area (Å²) in [5, 5.41) is 0. The van der Waals surface area contributed by atoms with Crippen molar-refractivity contribution in [3.05, 3.63) is 12.2 Å². The van der Waals surface area contributed by atoms with Gasteiger partial charge in [0.2, 0.25) is 0 Å². The molecule has 0 fully saturated rings. The van der Waals surface area contributed by atoms with Gasteiger partial charge in [-0.05, 0) is 13.8 Å². The van der Waals surface area contributed by atoms with Crippen LogP contribution in [0.1, 0.15) is 27.2 Å². The maximum atomic E-state index is 10.9. The van der Waals surface area contributed by atoms with Crippen LogP contribution in [0.25, 0.3) is 0 Å². The fraction of sp³-hybridized carbons (Fsp3) is 0.556. The number of hydrogen-bond acceptors (Lipinski definition) is 3. The molecule has 0 saturated carbocycles. The molecule has 0 amide bonds. The van der Waals surface area contributed by atoms with Crippen molar-refractivity contribution in [2.24, 2.45) is 0 Å². The topological polar surface area (TPSA) is 43.4 Å². The summed E-state index contributed by atoms with van der Waals surface area (Å²) >= 11 is 0. The third-order valence-corrected chi connectivity index (χ3v) is 1.35. The number of ketones is 1. The second-order valence-electron chi connectivity index (χ2n) is 2.51. The van der Waals surface area contributed by atoms with Gasteiger partial charge in [-0.1, -0.05) is 12.2 Å². The summed E-state index contributed by atoms with van der Waals surface area (Å²) in [7, 11) is 0. The van der Waals surface area contributed by atoms with E-state index in [1.165, 1.54) is 13.8 Å². The molecular weight excluding hydrogens is 156 g/mol. The average molecular weight is 170 g/mol. The third kappa shape index (κ3) is 4.66. The zero-order valence-corrected chi connectivity index (χ0v) is 7.66. The minimum absolute atomic E-state index is 0.122. The molecule has 12 heavy (non-hydrogen) atoms.